The van der Waals surface area contributed by atoms with Crippen molar-refractivity contribution in [1.29, 1.82) is 0 Å². The van der Waals surface area contributed by atoms with Crippen LogP contribution in [0.1, 0.15) is 47.2 Å². The standard InChI is InChI=1S/C20H26N6O3S/c1-12-9-18-21-14(3)17(15(4)25(18)23-12)5-6-20(27)22-19-10-13(2)24-26(19)16-7-8-30(28,29)11-16/h9-10,16H,5-8,11H2,1-4H3,(H,22,27). The van der Waals surface area contributed by atoms with Gasteiger partial charge >= 0.3 is 0 Å². The van der Waals surface area contributed by atoms with Crippen molar-refractivity contribution >= 4 is 27.2 Å². The highest BCUT2D eigenvalue weighted by molar-refractivity contribution is 7.91. The molecule has 3 aromatic rings. The molecule has 0 spiro atoms. The molecule has 0 aliphatic carbocycles. The quantitative estimate of drug-likeness (QED) is 0.663. The summed E-state index contributed by atoms with van der Waals surface area (Å²) in [5.74, 6) is 0.617. The molecule has 1 saturated heterocycles. The topological polar surface area (TPSA) is 111 Å². The summed E-state index contributed by atoms with van der Waals surface area (Å²) in [5.41, 5.74) is 5.33. The number of hydrogen-bond acceptors (Lipinski definition) is 6. The summed E-state index contributed by atoms with van der Waals surface area (Å²) in [6, 6.07) is 3.47. The minimum absolute atomic E-state index is 0.0599. The fraction of sp³-hybridized carbons (Fsp3) is 0.500. The maximum absolute atomic E-state index is 12.7. The number of anilines is 1. The highest BCUT2D eigenvalue weighted by Gasteiger charge is 2.31. The van der Waals surface area contributed by atoms with Gasteiger partial charge in [-0.25, -0.2) is 22.6 Å². The highest BCUT2D eigenvalue weighted by Crippen LogP contribution is 2.27. The smallest absolute Gasteiger partial charge is 0.225 e. The summed E-state index contributed by atoms with van der Waals surface area (Å²) >= 11 is 0. The first-order valence-corrected chi connectivity index (χ1v) is 11.8. The van der Waals surface area contributed by atoms with E-state index in [0.717, 1.165) is 34.0 Å². The van der Waals surface area contributed by atoms with Gasteiger partial charge in [-0.15, -0.1) is 0 Å². The van der Waals surface area contributed by atoms with Crippen molar-refractivity contribution in [2.24, 2.45) is 0 Å². The predicted octanol–water partition coefficient (Wildman–Crippen LogP) is 2.09. The lowest BCUT2D eigenvalue weighted by molar-refractivity contribution is -0.116. The third-order valence-corrected chi connectivity index (χ3v) is 7.32. The molecular weight excluding hydrogens is 404 g/mol. The SMILES string of the molecule is Cc1cc(NC(=O)CCc2c(C)nc3cc(C)nn3c2C)n(C2CCS(=O)(=O)C2)n1. The summed E-state index contributed by atoms with van der Waals surface area (Å²) in [6.45, 7) is 7.69. The molecule has 0 bridgehead atoms. The number of hydrogen-bond donors (Lipinski definition) is 1. The van der Waals surface area contributed by atoms with Gasteiger partial charge in [0.15, 0.2) is 15.5 Å². The number of aromatic nitrogens is 5. The molecule has 1 aliphatic rings. The molecule has 1 aliphatic heterocycles. The van der Waals surface area contributed by atoms with Crippen LogP contribution in [0.15, 0.2) is 12.1 Å². The Morgan fingerprint density at radius 2 is 1.90 bits per heavy atom. The van der Waals surface area contributed by atoms with Gasteiger partial charge in [0, 0.05) is 29.9 Å². The number of aryl methyl sites for hydroxylation is 4. The van der Waals surface area contributed by atoms with Gasteiger partial charge < -0.3 is 5.32 Å². The molecular formula is C20H26N6O3S. The summed E-state index contributed by atoms with van der Waals surface area (Å²) in [5, 5.41) is 11.8. The van der Waals surface area contributed by atoms with E-state index < -0.39 is 9.84 Å². The van der Waals surface area contributed by atoms with Crippen molar-refractivity contribution < 1.29 is 13.2 Å². The van der Waals surface area contributed by atoms with E-state index in [0.29, 0.717) is 18.7 Å². The van der Waals surface area contributed by atoms with Gasteiger partial charge in [-0.2, -0.15) is 10.2 Å². The Bertz CT molecular complexity index is 1240. The lowest BCUT2D eigenvalue weighted by atomic mass is 10.1. The van der Waals surface area contributed by atoms with Crippen LogP contribution >= 0.6 is 0 Å². The van der Waals surface area contributed by atoms with E-state index in [1.807, 2.05) is 38.3 Å². The van der Waals surface area contributed by atoms with E-state index in [1.165, 1.54) is 0 Å². The number of nitrogens with one attached hydrogen (secondary N) is 1. The fourth-order valence-electron chi connectivity index (χ4n) is 4.10. The van der Waals surface area contributed by atoms with Gasteiger partial charge in [-0.05, 0) is 46.1 Å². The van der Waals surface area contributed by atoms with Crippen LogP contribution in [0.2, 0.25) is 0 Å². The number of nitrogens with zero attached hydrogens (tertiary/aromatic N) is 5. The number of fused-ring (bicyclic) bond motifs is 1. The monoisotopic (exact) mass is 430 g/mol. The van der Waals surface area contributed by atoms with E-state index in [2.05, 4.69) is 20.5 Å². The molecule has 1 amide bonds. The van der Waals surface area contributed by atoms with Crippen molar-refractivity contribution in [1.82, 2.24) is 24.4 Å². The van der Waals surface area contributed by atoms with Crippen LogP contribution in [0, 0.1) is 27.7 Å². The second-order valence-electron chi connectivity index (χ2n) is 8.04. The van der Waals surface area contributed by atoms with Gasteiger partial charge in [0.1, 0.15) is 5.82 Å². The van der Waals surface area contributed by atoms with Crippen molar-refractivity contribution in [3.63, 3.8) is 0 Å². The second-order valence-corrected chi connectivity index (χ2v) is 10.3. The summed E-state index contributed by atoms with van der Waals surface area (Å²) < 4.78 is 27.1. The average Bonchev–Trinajstić information content (AvgIpc) is 3.31. The van der Waals surface area contributed by atoms with E-state index in [4.69, 9.17) is 0 Å². The second kappa shape index (κ2) is 7.50. The van der Waals surface area contributed by atoms with E-state index >= 15 is 0 Å². The first kappa shape index (κ1) is 20.5. The van der Waals surface area contributed by atoms with Gasteiger partial charge in [-0.1, -0.05) is 0 Å². The predicted molar refractivity (Wildman–Crippen MR) is 113 cm³/mol. The van der Waals surface area contributed by atoms with Crippen LogP contribution in [0.4, 0.5) is 5.82 Å². The zero-order chi connectivity index (χ0) is 21.6. The number of sulfone groups is 1. The van der Waals surface area contributed by atoms with Crippen molar-refractivity contribution in [3.8, 4) is 0 Å². The molecule has 4 heterocycles. The largest absolute Gasteiger partial charge is 0.311 e. The fourth-order valence-corrected chi connectivity index (χ4v) is 5.80. The van der Waals surface area contributed by atoms with Crippen LogP contribution < -0.4 is 5.32 Å². The maximum atomic E-state index is 12.7. The van der Waals surface area contributed by atoms with Crippen molar-refractivity contribution in [3.05, 3.63) is 40.5 Å². The van der Waals surface area contributed by atoms with E-state index in [1.54, 1.807) is 10.7 Å². The number of carbonyl (C=O) groups is 1. The Hall–Kier alpha value is -2.75. The Morgan fingerprint density at radius 3 is 2.60 bits per heavy atom. The number of rotatable bonds is 5. The summed E-state index contributed by atoms with van der Waals surface area (Å²) in [7, 11) is -3.04. The minimum Gasteiger partial charge on any atom is -0.311 e. The van der Waals surface area contributed by atoms with Gasteiger partial charge in [0.2, 0.25) is 5.91 Å². The molecule has 1 N–H and O–H groups in total. The Labute approximate surface area is 175 Å². The van der Waals surface area contributed by atoms with Gasteiger partial charge in [0.25, 0.3) is 0 Å². The number of carbonyl (C=O) groups excluding carboxylic acids is 1. The van der Waals surface area contributed by atoms with Gasteiger partial charge in [-0.3, -0.25) is 4.79 Å². The Morgan fingerprint density at radius 1 is 1.17 bits per heavy atom. The minimum atomic E-state index is -3.04. The van der Waals surface area contributed by atoms with Crippen LogP contribution in [-0.2, 0) is 21.1 Å². The molecule has 1 unspecified atom stereocenters. The first-order chi connectivity index (χ1) is 14.1. The molecule has 10 heteroatoms. The Balaban J connectivity index is 1.48. The molecule has 4 rings (SSSR count). The third kappa shape index (κ3) is 3.96. The first-order valence-electron chi connectivity index (χ1n) is 10.0. The molecule has 0 saturated carbocycles. The number of amides is 1. The van der Waals surface area contributed by atoms with Crippen LogP contribution in [-0.4, -0.2) is 50.2 Å². The van der Waals surface area contributed by atoms with Crippen molar-refractivity contribution in [2.75, 3.05) is 16.8 Å². The highest BCUT2D eigenvalue weighted by atomic mass is 32.2. The van der Waals surface area contributed by atoms with Crippen molar-refractivity contribution in [2.45, 2.75) is 53.0 Å². The normalized spacial score (nSPS) is 18.2. The molecule has 3 aromatic heterocycles. The molecule has 0 radical (unpaired) electrons. The van der Waals surface area contributed by atoms with Crippen LogP contribution in [0.25, 0.3) is 5.65 Å². The molecule has 9 nitrogen and oxygen atoms in total. The summed E-state index contributed by atoms with van der Waals surface area (Å²) in [4.78, 5) is 17.3. The van der Waals surface area contributed by atoms with E-state index in [9.17, 15) is 13.2 Å². The van der Waals surface area contributed by atoms with Gasteiger partial charge in [0.05, 0.1) is 28.9 Å². The molecule has 1 atom stereocenters. The lowest BCUT2D eigenvalue weighted by Gasteiger charge is -2.14. The molecule has 1 fully saturated rings. The zero-order valence-electron chi connectivity index (χ0n) is 17.6. The lowest BCUT2D eigenvalue weighted by Crippen LogP contribution is -2.20. The molecule has 0 aromatic carbocycles. The molecule has 160 valence electrons. The third-order valence-electron chi connectivity index (χ3n) is 5.57. The Kier molecular flexibility index (Phi) is 5.13. The average molecular weight is 431 g/mol. The van der Waals surface area contributed by atoms with Crippen LogP contribution in [0.3, 0.4) is 0 Å². The van der Waals surface area contributed by atoms with Crippen LogP contribution in [0.5, 0.6) is 0 Å². The zero-order valence-corrected chi connectivity index (χ0v) is 18.5. The summed E-state index contributed by atoms with van der Waals surface area (Å²) in [6.07, 6.45) is 1.33. The van der Waals surface area contributed by atoms with E-state index in [-0.39, 0.29) is 29.9 Å². The maximum Gasteiger partial charge on any atom is 0.225 e. The molecule has 30 heavy (non-hydrogen) atoms.